The quantitative estimate of drug-likeness (QED) is 0.712. The van der Waals surface area contributed by atoms with E-state index < -0.39 is 11.7 Å². The second kappa shape index (κ2) is 7.06. The van der Waals surface area contributed by atoms with Crippen molar-refractivity contribution in [2.75, 3.05) is 10.6 Å². The standard InChI is InChI=1S/C19H22N6O2/c1-19(2,3)27-18(26)25(15-11-22-24(4)12-15)17-21-10-9-16(23-17)13-5-7-14(20)8-6-13/h5-12H,20H2,1-4H3. The highest BCUT2D eigenvalue weighted by Crippen LogP contribution is 2.27. The first kappa shape index (κ1) is 18.4. The molecular weight excluding hydrogens is 344 g/mol. The zero-order valence-electron chi connectivity index (χ0n) is 15.7. The summed E-state index contributed by atoms with van der Waals surface area (Å²) in [6.45, 7) is 5.41. The van der Waals surface area contributed by atoms with Gasteiger partial charge in [0, 0.05) is 30.7 Å². The van der Waals surface area contributed by atoms with E-state index in [0.717, 1.165) is 5.56 Å². The van der Waals surface area contributed by atoms with Gasteiger partial charge in [0.2, 0.25) is 5.95 Å². The molecule has 8 heteroatoms. The number of ether oxygens (including phenoxy) is 1. The molecule has 0 bridgehead atoms. The van der Waals surface area contributed by atoms with Crippen LogP contribution in [0.25, 0.3) is 11.3 Å². The summed E-state index contributed by atoms with van der Waals surface area (Å²) in [5.41, 5.74) is 7.80. The maximum atomic E-state index is 12.8. The van der Waals surface area contributed by atoms with Crippen LogP contribution in [-0.4, -0.2) is 31.4 Å². The lowest BCUT2D eigenvalue weighted by molar-refractivity contribution is 0.0597. The van der Waals surface area contributed by atoms with Gasteiger partial charge in [0.05, 0.1) is 17.6 Å². The van der Waals surface area contributed by atoms with Crippen LogP contribution in [0.3, 0.4) is 0 Å². The van der Waals surface area contributed by atoms with E-state index in [9.17, 15) is 4.79 Å². The number of carbonyl (C=O) groups is 1. The average Bonchev–Trinajstić information content (AvgIpc) is 3.00. The Hall–Kier alpha value is -3.42. The lowest BCUT2D eigenvalue weighted by Crippen LogP contribution is -2.34. The van der Waals surface area contributed by atoms with Gasteiger partial charge in [-0.3, -0.25) is 4.68 Å². The second-order valence-corrected chi connectivity index (χ2v) is 7.05. The first-order chi connectivity index (χ1) is 12.7. The topological polar surface area (TPSA) is 99.2 Å². The number of benzene rings is 1. The fraction of sp³-hybridized carbons (Fsp3) is 0.263. The Kier molecular flexibility index (Phi) is 4.81. The monoisotopic (exact) mass is 366 g/mol. The van der Waals surface area contributed by atoms with Gasteiger partial charge in [-0.15, -0.1) is 0 Å². The molecule has 27 heavy (non-hydrogen) atoms. The SMILES string of the molecule is Cn1cc(N(C(=O)OC(C)(C)C)c2nccc(-c3ccc(N)cc3)n2)cn1. The summed E-state index contributed by atoms with van der Waals surface area (Å²) in [6, 6.07) is 9.09. The number of hydrogen-bond acceptors (Lipinski definition) is 6. The lowest BCUT2D eigenvalue weighted by atomic mass is 10.1. The molecule has 1 aromatic carbocycles. The number of aromatic nitrogens is 4. The van der Waals surface area contributed by atoms with Crippen molar-refractivity contribution in [2.24, 2.45) is 7.05 Å². The Balaban J connectivity index is 2.03. The summed E-state index contributed by atoms with van der Waals surface area (Å²) in [4.78, 5) is 23.0. The second-order valence-electron chi connectivity index (χ2n) is 7.05. The molecule has 2 aromatic heterocycles. The van der Waals surface area contributed by atoms with Crippen LogP contribution in [0.15, 0.2) is 48.9 Å². The number of hydrogen-bond donors (Lipinski definition) is 1. The van der Waals surface area contributed by atoms with Crippen molar-refractivity contribution in [1.29, 1.82) is 0 Å². The summed E-state index contributed by atoms with van der Waals surface area (Å²) < 4.78 is 7.13. The van der Waals surface area contributed by atoms with Crippen molar-refractivity contribution in [3.63, 3.8) is 0 Å². The number of anilines is 3. The first-order valence-electron chi connectivity index (χ1n) is 8.44. The zero-order valence-corrected chi connectivity index (χ0v) is 15.7. The van der Waals surface area contributed by atoms with Crippen LogP contribution in [0.2, 0.25) is 0 Å². The van der Waals surface area contributed by atoms with Crippen LogP contribution < -0.4 is 10.6 Å². The van der Waals surface area contributed by atoms with Gasteiger partial charge in [0.25, 0.3) is 0 Å². The van der Waals surface area contributed by atoms with Crippen LogP contribution in [0.4, 0.5) is 22.1 Å². The minimum atomic E-state index is -0.661. The van der Waals surface area contributed by atoms with E-state index in [0.29, 0.717) is 17.1 Å². The largest absolute Gasteiger partial charge is 0.443 e. The lowest BCUT2D eigenvalue weighted by Gasteiger charge is -2.25. The molecule has 0 aliphatic heterocycles. The van der Waals surface area contributed by atoms with Gasteiger partial charge in [-0.05, 0) is 39.0 Å². The molecule has 8 nitrogen and oxygen atoms in total. The minimum Gasteiger partial charge on any atom is -0.443 e. The molecule has 0 fully saturated rings. The minimum absolute atomic E-state index is 0.201. The van der Waals surface area contributed by atoms with Gasteiger partial charge < -0.3 is 10.5 Å². The smallest absolute Gasteiger partial charge is 0.422 e. The number of rotatable bonds is 3. The van der Waals surface area contributed by atoms with Gasteiger partial charge in [-0.1, -0.05) is 12.1 Å². The first-order valence-corrected chi connectivity index (χ1v) is 8.44. The van der Waals surface area contributed by atoms with Crippen molar-refractivity contribution < 1.29 is 9.53 Å². The van der Waals surface area contributed by atoms with E-state index in [4.69, 9.17) is 10.5 Å². The molecule has 140 valence electrons. The van der Waals surface area contributed by atoms with Crippen molar-refractivity contribution in [1.82, 2.24) is 19.7 Å². The molecule has 0 unspecified atom stereocenters. The predicted octanol–water partition coefficient (Wildman–Crippen LogP) is 3.53. The molecule has 0 aliphatic rings. The molecule has 2 heterocycles. The van der Waals surface area contributed by atoms with Gasteiger partial charge in [-0.25, -0.2) is 19.7 Å². The highest BCUT2D eigenvalue weighted by atomic mass is 16.6. The third kappa shape index (κ3) is 4.41. The Labute approximate surface area is 157 Å². The fourth-order valence-electron chi connectivity index (χ4n) is 2.40. The molecule has 0 spiro atoms. The Morgan fingerprint density at radius 3 is 2.48 bits per heavy atom. The molecule has 3 rings (SSSR count). The number of aryl methyl sites for hydroxylation is 1. The molecule has 1 amide bonds. The maximum Gasteiger partial charge on any atom is 0.422 e. The number of nitrogen functional groups attached to an aromatic ring is 1. The van der Waals surface area contributed by atoms with Crippen LogP contribution in [0.1, 0.15) is 20.8 Å². The van der Waals surface area contributed by atoms with E-state index in [2.05, 4.69) is 15.1 Å². The van der Waals surface area contributed by atoms with E-state index >= 15 is 0 Å². The summed E-state index contributed by atoms with van der Waals surface area (Å²) in [5.74, 6) is 0.201. The highest BCUT2D eigenvalue weighted by molar-refractivity contribution is 5.94. The van der Waals surface area contributed by atoms with E-state index in [1.165, 1.54) is 4.90 Å². The van der Waals surface area contributed by atoms with Crippen molar-refractivity contribution in [3.8, 4) is 11.3 Å². The highest BCUT2D eigenvalue weighted by Gasteiger charge is 2.28. The third-order valence-electron chi connectivity index (χ3n) is 3.57. The maximum absolute atomic E-state index is 12.8. The summed E-state index contributed by atoms with van der Waals surface area (Å²) in [6.07, 6.45) is 4.28. The van der Waals surface area contributed by atoms with Crippen molar-refractivity contribution in [2.45, 2.75) is 26.4 Å². The number of nitrogens with two attached hydrogens (primary N) is 1. The number of carbonyl (C=O) groups excluding carboxylic acids is 1. The Bertz CT molecular complexity index is 943. The summed E-state index contributed by atoms with van der Waals surface area (Å²) in [5, 5.41) is 4.13. The van der Waals surface area contributed by atoms with Gasteiger partial charge in [0.15, 0.2) is 0 Å². The van der Waals surface area contributed by atoms with Gasteiger partial charge in [-0.2, -0.15) is 5.10 Å². The number of nitrogens with zero attached hydrogens (tertiary/aromatic N) is 5. The van der Waals surface area contributed by atoms with Crippen LogP contribution >= 0.6 is 0 Å². The molecule has 0 aliphatic carbocycles. The zero-order chi connectivity index (χ0) is 19.6. The third-order valence-corrected chi connectivity index (χ3v) is 3.57. The van der Waals surface area contributed by atoms with E-state index in [-0.39, 0.29) is 5.95 Å². The van der Waals surface area contributed by atoms with Crippen LogP contribution in [0, 0.1) is 0 Å². The van der Waals surface area contributed by atoms with Gasteiger partial charge >= 0.3 is 6.09 Å². The number of amides is 1. The molecular formula is C19H22N6O2. The molecule has 3 aromatic rings. The Morgan fingerprint density at radius 2 is 1.89 bits per heavy atom. The molecule has 0 saturated carbocycles. The Morgan fingerprint density at radius 1 is 1.19 bits per heavy atom. The van der Waals surface area contributed by atoms with Crippen LogP contribution in [-0.2, 0) is 11.8 Å². The average molecular weight is 366 g/mol. The normalized spacial score (nSPS) is 11.3. The van der Waals surface area contributed by atoms with E-state index in [1.807, 2.05) is 12.1 Å². The summed E-state index contributed by atoms with van der Waals surface area (Å²) in [7, 11) is 1.77. The predicted molar refractivity (Wildman–Crippen MR) is 103 cm³/mol. The van der Waals surface area contributed by atoms with Crippen molar-refractivity contribution >= 4 is 23.4 Å². The molecule has 2 N–H and O–H groups in total. The van der Waals surface area contributed by atoms with Crippen molar-refractivity contribution in [3.05, 3.63) is 48.9 Å². The van der Waals surface area contributed by atoms with Gasteiger partial charge in [0.1, 0.15) is 5.60 Å². The molecule has 0 radical (unpaired) electrons. The fourth-order valence-corrected chi connectivity index (χ4v) is 2.40. The van der Waals surface area contributed by atoms with Crippen LogP contribution in [0.5, 0.6) is 0 Å². The summed E-state index contributed by atoms with van der Waals surface area (Å²) >= 11 is 0. The van der Waals surface area contributed by atoms with E-state index in [1.54, 1.807) is 69.3 Å². The molecule has 0 atom stereocenters. The molecule has 0 saturated heterocycles.